The molecule has 0 unspecified atom stereocenters. The van der Waals surface area contributed by atoms with Crippen molar-refractivity contribution in [3.8, 4) is 0 Å². The van der Waals surface area contributed by atoms with Crippen LogP contribution in [0.2, 0.25) is 0 Å². The Kier molecular flexibility index (Phi) is 24.8. The Balaban J connectivity index is 1.06. The first kappa shape index (κ1) is 72.3. The van der Waals surface area contributed by atoms with Gasteiger partial charge >= 0.3 is 0 Å². The van der Waals surface area contributed by atoms with E-state index in [9.17, 15) is 45.1 Å². The summed E-state index contributed by atoms with van der Waals surface area (Å²) in [6, 6.07) is 21.0. The molecule has 2 fully saturated rings. The molecule has 0 bridgehead atoms. The number of unbranched alkanes of at least 4 members (excludes halogenated alkanes) is 1. The predicted molar refractivity (Wildman–Crippen MR) is 378 cm³/mol. The minimum absolute atomic E-state index is 0.168. The maximum Gasteiger partial charge on any atom is 0.294 e. The number of anilines is 10. The molecule has 512 valence electrons. The van der Waals surface area contributed by atoms with E-state index in [0.29, 0.717) is 134 Å². The van der Waals surface area contributed by atoms with Crippen molar-refractivity contribution < 1.29 is 54.6 Å². The van der Waals surface area contributed by atoms with Crippen molar-refractivity contribution in [2.45, 2.75) is 76.3 Å². The summed E-state index contributed by atoms with van der Waals surface area (Å²) in [6.07, 6.45) is 4.69. The van der Waals surface area contributed by atoms with E-state index in [4.69, 9.17) is 44.6 Å². The van der Waals surface area contributed by atoms with E-state index in [1.165, 1.54) is 62.0 Å². The van der Waals surface area contributed by atoms with Gasteiger partial charge in [-0.1, -0.05) is 47.8 Å². The van der Waals surface area contributed by atoms with E-state index in [1.807, 2.05) is 46.2 Å². The number of ketones is 2. The van der Waals surface area contributed by atoms with Crippen molar-refractivity contribution in [1.29, 1.82) is 0 Å². The summed E-state index contributed by atoms with van der Waals surface area (Å²) in [6.45, 7) is 19.1. The standard InChI is InChI=1S/C63H73N17O12S5/c1-8-13-34-93-61-71-59(66-51-35-43(77(9-2)10-3)18-24-49(51)73-75-62-68-55(79-26-30-91-31-27-79)53(94-62)37-47(39(6)81)57(83)64-41-14-20-45(21-15-41)96(85,86)87)70-60(72-61)67-52-36-44(78(11-4)12-5)19-25-50(52)74-76-63-69-56(80-28-32-92-33-29-80)54(95-63)38-48(40(7)82)58(84)65-42-16-22-46(23-17-42)97(88,89)90/h14-25,35-38H,8-13,26-34H2,1-7H3,(H,64,83)(H,65,84)(H,85,86,87)(H,88,89,90)(H2,66,67,70,71,72)/b47-37-,48-38+,75-73?,76-74?. The molecule has 34 heteroatoms. The fraction of sp³-hybridized carbons (Fsp3) is 0.349. The van der Waals surface area contributed by atoms with E-state index in [0.717, 1.165) is 71.2 Å². The Hall–Kier alpha value is -9.00. The van der Waals surface area contributed by atoms with Crippen LogP contribution in [-0.2, 0) is 48.9 Å². The second-order valence-electron chi connectivity index (χ2n) is 21.6. The van der Waals surface area contributed by atoms with Crippen LogP contribution >= 0.6 is 34.4 Å². The topological polar surface area (TPSA) is 370 Å². The summed E-state index contributed by atoms with van der Waals surface area (Å²) in [5.74, 6) is -0.680. The highest BCUT2D eigenvalue weighted by Crippen LogP contribution is 2.41. The largest absolute Gasteiger partial charge is 0.378 e. The molecule has 9 rings (SSSR count). The minimum atomic E-state index is -4.49. The molecule has 3 aromatic heterocycles. The fourth-order valence-corrected chi connectivity index (χ4v) is 13.5. The van der Waals surface area contributed by atoms with Crippen molar-refractivity contribution in [2.75, 3.05) is 125 Å². The first-order valence-electron chi connectivity index (χ1n) is 31.0. The first-order chi connectivity index (χ1) is 46.5. The molecule has 6 N–H and O–H groups in total. The van der Waals surface area contributed by atoms with Crippen LogP contribution in [0.5, 0.6) is 0 Å². The Morgan fingerprint density at radius 2 is 0.959 bits per heavy atom. The summed E-state index contributed by atoms with van der Waals surface area (Å²) in [7, 11) is -8.97. The Labute approximate surface area is 573 Å². The van der Waals surface area contributed by atoms with E-state index < -0.39 is 43.6 Å². The maximum atomic E-state index is 13.7. The molecule has 97 heavy (non-hydrogen) atoms. The van der Waals surface area contributed by atoms with Gasteiger partial charge in [0.05, 0.1) is 68.5 Å². The molecule has 29 nitrogen and oxygen atoms in total. The zero-order chi connectivity index (χ0) is 69.4. The number of aromatic nitrogens is 5. The fourth-order valence-electron chi connectivity index (χ4n) is 9.90. The average Bonchev–Trinajstić information content (AvgIpc) is 1.78. The van der Waals surface area contributed by atoms with Gasteiger partial charge in [-0.15, -0.1) is 20.5 Å². The number of benzene rings is 4. The predicted octanol–water partition coefficient (Wildman–Crippen LogP) is 12.1. The number of rotatable bonds is 30. The zero-order valence-corrected chi connectivity index (χ0v) is 58.3. The lowest BCUT2D eigenvalue weighted by Crippen LogP contribution is -2.36. The highest BCUT2D eigenvalue weighted by molar-refractivity contribution is 7.99. The summed E-state index contributed by atoms with van der Waals surface area (Å²) in [4.78, 5) is 86.7. The van der Waals surface area contributed by atoms with Crippen molar-refractivity contribution in [3.63, 3.8) is 0 Å². The quantitative estimate of drug-likeness (QED) is 0.00463. The average molecular weight is 1420 g/mol. The monoisotopic (exact) mass is 1420 g/mol. The molecule has 2 amide bonds. The number of thiazole rings is 2. The third-order valence-corrected chi connectivity index (χ3v) is 19.4. The van der Waals surface area contributed by atoms with Crippen molar-refractivity contribution in [3.05, 3.63) is 106 Å². The van der Waals surface area contributed by atoms with Crippen LogP contribution in [0.4, 0.5) is 79.3 Å². The van der Waals surface area contributed by atoms with Crippen LogP contribution in [0.15, 0.2) is 131 Å². The molecule has 0 atom stereocenters. The van der Waals surface area contributed by atoms with Gasteiger partial charge in [0.15, 0.2) is 16.7 Å². The van der Waals surface area contributed by atoms with Crippen LogP contribution in [0.1, 0.15) is 71.1 Å². The molecule has 5 heterocycles. The Morgan fingerprint density at radius 1 is 0.567 bits per heavy atom. The highest BCUT2D eigenvalue weighted by atomic mass is 32.2. The lowest BCUT2D eigenvalue weighted by Gasteiger charge is -2.27. The van der Waals surface area contributed by atoms with Crippen molar-refractivity contribution in [2.24, 2.45) is 20.5 Å². The van der Waals surface area contributed by atoms with Crippen LogP contribution < -0.4 is 40.9 Å². The third-order valence-electron chi connectivity index (χ3n) is 15.0. The Bertz CT molecular complexity index is 4090. The van der Waals surface area contributed by atoms with Gasteiger partial charge in [-0.25, -0.2) is 0 Å². The summed E-state index contributed by atoms with van der Waals surface area (Å²) in [5, 5.41) is 31.7. The number of ether oxygens (including phenoxy) is 2. The number of amides is 2. The number of hydrogen-bond donors (Lipinski definition) is 6. The van der Waals surface area contributed by atoms with Gasteiger partial charge in [-0.2, -0.15) is 41.8 Å². The lowest BCUT2D eigenvalue weighted by molar-refractivity contribution is -0.120. The van der Waals surface area contributed by atoms with E-state index >= 15 is 0 Å². The number of azo groups is 2. The van der Waals surface area contributed by atoms with Gasteiger partial charge in [0.2, 0.25) is 22.2 Å². The minimum Gasteiger partial charge on any atom is -0.378 e. The number of carbonyl (C=O) groups excluding carboxylic acids is 4. The molecule has 0 saturated carbocycles. The van der Waals surface area contributed by atoms with Gasteiger partial charge in [0, 0.05) is 80.9 Å². The number of nitrogens with one attached hydrogen (secondary N) is 4. The number of nitrogens with zero attached hydrogens (tertiary/aromatic N) is 13. The zero-order valence-electron chi connectivity index (χ0n) is 54.2. The number of thioether (sulfide) groups is 1. The normalized spacial score (nSPS) is 14.1. The van der Waals surface area contributed by atoms with Gasteiger partial charge in [0.25, 0.3) is 32.1 Å². The number of morpholine rings is 2. The Morgan fingerprint density at radius 3 is 1.31 bits per heavy atom. The molecular formula is C63H73N17O12S5. The number of Topliss-reactive ketones (excluding diaryl/α,β-unsaturated/α-hetero) is 2. The van der Waals surface area contributed by atoms with Gasteiger partial charge < -0.3 is 50.3 Å². The highest BCUT2D eigenvalue weighted by Gasteiger charge is 2.26. The molecule has 0 spiro atoms. The van der Waals surface area contributed by atoms with Crippen molar-refractivity contribution >= 4 is 169 Å². The second kappa shape index (κ2) is 33.3. The summed E-state index contributed by atoms with van der Waals surface area (Å²) >= 11 is 3.67. The summed E-state index contributed by atoms with van der Waals surface area (Å²) < 4.78 is 76.8. The lowest BCUT2D eigenvalue weighted by atomic mass is 10.1. The molecule has 4 aromatic carbocycles. The van der Waals surface area contributed by atoms with E-state index in [1.54, 1.807) is 0 Å². The van der Waals surface area contributed by atoms with Gasteiger partial charge in [-0.05, 0) is 145 Å². The van der Waals surface area contributed by atoms with Crippen LogP contribution in [0, 0.1) is 0 Å². The summed E-state index contributed by atoms with van der Waals surface area (Å²) in [5.41, 5.74) is 3.41. The first-order valence-corrected chi connectivity index (χ1v) is 36.5. The van der Waals surface area contributed by atoms with Crippen molar-refractivity contribution in [1.82, 2.24) is 24.9 Å². The molecule has 2 saturated heterocycles. The molecule has 2 aliphatic rings. The molecule has 7 aromatic rings. The maximum absolute atomic E-state index is 13.7. The van der Waals surface area contributed by atoms with Crippen LogP contribution in [0.25, 0.3) is 12.2 Å². The van der Waals surface area contributed by atoms with Crippen LogP contribution in [-0.4, -0.2) is 159 Å². The molecule has 2 aliphatic heterocycles. The van der Waals surface area contributed by atoms with E-state index in [2.05, 4.69) is 75.9 Å². The number of carbonyl (C=O) groups is 4. The molecule has 0 radical (unpaired) electrons. The smallest absolute Gasteiger partial charge is 0.294 e. The SMILES string of the molecule is CCCCSc1nc(Nc2cc(N(CC)CC)ccc2N=Nc2nc(N3CCOCC3)c(/C=C(/C(C)=O)C(=O)Nc3ccc(S(=O)(=O)O)cc3)s2)nc(Nc2cc(N(CC)CC)ccc2N=Nc2nc(N3CCOCC3)c(/C=C(\C(C)=O)C(=O)Nc3ccc(S(=O)(=O)O)cc3)s2)n1. The second-order valence-corrected chi connectivity index (χ2v) is 27.5. The van der Waals surface area contributed by atoms with Gasteiger partial charge in [-0.3, -0.25) is 28.3 Å². The third kappa shape index (κ3) is 19.4. The number of hydrogen-bond acceptors (Lipinski definition) is 28. The van der Waals surface area contributed by atoms with E-state index in [-0.39, 0.29) is 54.5 Å². The van der Waals surface area contributed by atoms with Crippen LogP contribution in [0.3, 0.4) is 0 Å². The molecule has 0 aliphatic carbocycles. The van der Waals surface area contributed by atoms with Gasteiger partial charge in [0.1, 0.15) is 23.0 Å². The molecular weight excluding hydrogens is 1350 g/mol.